The Bertz CT molecular complexity index is 638. The van der Waals surface area contributed by atoms with Gasteiger partial charge in [0.2, 0.25) is 0 Å². The lowest BCUT2D eigenvalue weighted by molar-refractivity contribution is -0.384. The molecule has 0 bridgehead atoms. The van der Waals surface area contributed by atoms with E-state index in [2.05, 4.69) is 0 Å². The van der Waals surface area contributed by atoms with E-state index in [-0.39, 0.29) is 29.2 Å². The van der Waals surface area contributed by atoms with Crippen LogP contribution in [0.2, 0.25) is 5.02 Å². The maximum absolute atomic E-state index is 12.7. The summed E-state index contributed by atoms with van der Waals surface area (Å²) in [5.41, 5.74) is -0.474. The summed E-state index contributed by atoms with van der Waals surface area (Å²) < 4.78 is 38.0. The quantitative estimate of drug-likeness (QED) is 0.669. The van der Waals surface area contributed by atoms with Crippen molar-refractivity contribution in [2.75, 3.05) is 6.54 Å². The molecule has 1 aliphatic rings. The number of nitro benzene ring substituents is 1. The van der Waals surface area contributed by atoms with Gasteiger partial charge in [-0.05, 0) is 18.9 Å². The highest BCUT2D eigenvalue weighted by molar-refractivity contribution is 6.34. The van der Waals surface area contributed by atoms with E-state index in [9.17, 15) is 33.2 Å². The Morgan fingerprint density at radius 1 is 1.48 bits per heavy atom. The Morgan fingerprint density at radius 2 is 2.13 bits per heavy atom. The molecule has 1 saturated heterocycles. The number of rotatable bonds is 3. The molecular formula is C13H12ClF3N2O4. The summed E-state index contributed by atoms with van der Waals surface area (Å²) in [5.74, 6) is -0.796. The first kappa shape index (κ1) is 17.5. The summed E-state index contributed by atoms with van der Waals surface area (Å²) in [6, 6.07) is 1.71. The molecule has 23 heavy (non-hydrogen) atoms. The molecule has 0 aromatic heterocycles. The van der Waals surface area contributed by atoms with Gasteiger partial charge < -0.3 is 10.0 Å². The monoisotopic (exact) mass is 352 g/mol. The molecule has 0 unspecified atom stereocenters. The zero-order chi connectivity index (χ0) is 17.4. The molecule has 0 aliphatic carbocycles. The zero-order valence-corrected chi connectivity index (χ0v) is 12.3. The average Bonchev–Trinajstić information content (AvgIpc) is 2.93. The van der Waals surface area contributed by atoms with Gasteiger partial charge in [-0.3, -0.25) is 14.9 Å². The second kappa shape index (κ2) is 6.32. The van der Waals surface area contributed by atoms with Crippen LogP contribution in [0.5, 0.6) is 0 Å². The van der Waals surface area contributed by atoms with E-state index in [0.29, 0.717) is 6.42 Å². The highest BCUT2D eigenvalue weighted by Crippen LogP contribution is 2.33. The summed E-state index contributed by atoms with van der Waals surface area (Å²) in [6.45, 7) is 0.0456. The first-order chi connectivity index (χ1) is 10.6. The van der Waals surface area contributed by atoms with E-state index in [4.69, 9.17) is 11.6 Å². The number of nitrogens with zero attached hydrogens (tertiary/aromatic N) is 2. The van der Waals surface area contributed by atoms with E-state index in [1.807, 2.05) is 0 Å². The van der Waals surface area contributed by atoms with Gasteiger partial charge in [0.15, 0.2) is 6.10 Å². The van der Waals surface area contributed by atoms with Crippen molar-refractivity contribution in [1.82, 2.24) is 4.90 Å². The number of likely N-dealkylation sites (tertiary alicyclic amines) is 1. The van der Waals surface area contributed by atoms with Gasteiger partial charge in [-0.15, -0.1) is 0 Å². The molecule has 2 atom stereocenters. The lowest BCUT2D eigenvalue weighted by Crippen LogP contribution is -2.49. The minimum absolute atomic E-state index is 0.0109. The molecule has 10 heteroatoms. The minimum atomic E-state index is -4.84. The first-order valence-corrected chi connectivity index (χ1v) is 7.00. The summed E-state index contributed by atoms with van der Waals surface area (Å²) in [6.07, 6.45) is -7.16. The van der Waals surface area contributed by atoms with Crippen molar-refractivity contribution in [2.45, 2.75) is 31.2 Å². The SMILES string of the molecule is O=C(c1ccc([N+](=O)[O-])cc1Cl)N1CCC[C@@H]1[C@H](O)C(F)(F)F. The third kappa shape index (κ3) is 3.56. The van der Waals surface area contributed by atoms with Crippen LogP contribution in [-0.4, -0.2) is 45.7 Å². The number of aliphatic hydroxyl groups excluding tert-OH is 1. The van der Waals surface area contributed by atoms with Crippen LogP contribution in [0.4, 0.5) is 18.9 Å². The third-order valence-corrected chi connectivity index (χ3v) is 3.97. The molecule has 0 saturated carbocycles. The van der Waals surface area contributed by atoms with E-state index in [1.54, 1.807) is 0 Å². The van der Waals surface area contributed by atoms with Crippen LogP contribution < -0.4 is 0 Å². The number of carbonyl (C=O) groups excluding carboxylic acids is 1. The molecule has 1 fully saturated rings. The highest BCUT2D eigenvalue weighted by atomic mass is 35.5. The van der Waals surface area contributed by atoms with Gasteiger partial charge in [0.1, 0.15) is 0 Å². The van der Waals surface area contributed by atoms with E-state index in [1.165, 1.54) is 0 Å². The predicted molar refractivity (Wildman–Crippen MR) is 74.2 cm³/mol. The number of carbonyl (C=O) groups is 1. The van der Waals surface area contributed by atoms with Crippen molar-refractivity contribution in [3.63, 3.8) is 0 Å². The first-order valence-electron chi connectivity index (χ1n) is 6.62. The van der Waals surface area contributed by atoms with Gasteiger partial charge in [0.25, 0.3) is 11.6 Å². The Balaban J connectivity index is 2.27. The molecule has 126 valence electrons. The van der Waals surface area contributed by atoms with Crippen LogP contribution in [0.25, 0.3) is 0 Å². The number of nitro groups is 1. The van der Waals surface area contributed by atoms with Gasteiger partial charge >= 0.3 is 6.18 Å². The maximum Gasteiger partial charge on any atom is 0.416 e. The van der Waals surface area contributed by atoms with E-state index < -0.39 is 29.2 Å². The Hall–Kier alpha value is -1.87. The molecule has 1 N–H and O–H groups in total. The molecule has 0 radical (unpaired) electrons. The Morgan fingerprint density at radius 3 is 2.65 bits per heavy atom. The molecule has 6 nitrogen and oxygen atoms in total. The number of hydrogen-bond acceptors (Lipinski definition) is 4. The number of amides is 1. The third-order valence-electron chi connectivity index (χ3n) is 3.65. The summed E-state index contributed by atoms with van der Waals surface area (Å²) in [4.78, 5) is 23.2. The number of non-ortho nitro benzene ring substituents is 1. The second-order valence-electron chi connectivity index (χ2n) is 5.12. The van der Waals surface area contributed by atoms with Crippen LogP contribution >= 0.6 is 11.6 Å². The van der Waals surface area contributed by atoms with Gasteiger partial charge in [0.05, 0.1) is 21.6 Å². The molecule has 2 rings (SSSR count). The fraction of sp³-hybridized carbons (Fsp3) is 0.462. The molecule has 1 aliphatic heterocycles. The fourth-order valence-electron chi connectivity index (χ4n) is 2.54. The molecule has 1 aromatic rings. The van der Waals surface area contributed by atoms with Crippen molar-refractivity contribution in [1.29, 1.82) is 0 Å². The van der Waals surface area contributed by atoms with Crippen molar-refractivity contribution in [3.8, 4) is 0 Å². The van der Waals surface area contributed by atoms with Crippen molar-refractivity contribution < 1.29 is 28.0 Å². The van der Waals surface area contributed by atoms with E-state index in [0.717, 1.165) is 23.1 Å². The fourth-order valence-corrected chi connectivity index (χ4v) is 2.79. The van der Waals surface area contributed by atoms with Crippen molar-refractivity contribution in [2.24, 2.45) is 0 Å². The lowest BCUT2D eigenvalue weighted by Gasteiger charge is -2.30. The van der Waals surface area contributed by atoms with Crippen LogP contribution in [-0.2, 0) is 0 Å². The van der Waals surface area contributed by atoms with Gasteiger partial charge in [-0.25, -0.2) is 0 Å². The summed E-state index contributed by atoms with van der Waals surface area (Å²) >= 11 is 5.83. The largest absolute Gasteiger partial charge is 0.416 e. The topological polar surface area (TPSA) is 83.7 Å². The zero-order valence-electron chi connectivity index (χ0n) is 11.6. The van der Waals surface area contributed by atoms with E-state index >= 15 is 0 Å². The second-order valence-corrected chi connectivity index (χ2v) is 5.52. The molecule has 1 aromatic carbocycles. The van der Waals surface area contributed by atoms with Crippen molar-refractivity contribution >= 4 is 23.2 Å². The number of halogens is 4. The van der Waals surface area contributed by atoms with Crippen molar-refractivity contribution in [3.05, 3.63) is 38.9 Å². The lowest BCUT2D eigenvalue weighted by atomic mass is 10.1. The standard InChI is InChI=1S/C13H12ClF3N2O4/c14-9-6-7(19(22)23)3-4-8(9)12(21)18-5-1-2-10(18)11(20)13(15,16)17/h3-4,6,10-11,20H,1-2,5H2/t10-,11+/m1/s1. The smallest absolute Gasteiger partial charge is 0.382 e. The Labute approximate surface area is 133 Å². The maximum atomic E-state index is 12.7. The number of benzene rings is 1. The summed E-state index contributed by atoms with van der Waals surface area (Å²) in [7, 11) is 0. The van der Waals surface area contributed by atoms with Crippen LogP contribution in [0, 0.1) is 10.1 Å². The van der Waals surface area contributed by atoms with Crippen LogP contribution in [0.3, 0.4) is 0 Å². The van der Waals surface area contributed by atoms with Crippen LogP contribution in [0.1, 0.15) is 23.2 Å². The summed E-state index contributed by atoms with van der Waals surface area (Å²) in [5, 5.41) is 19.8. The highest BCUT2D eigenvalue weighted by Gasteiger charge is 2.48. The van der Waals surface area contributed by atoms with Gasteiger partial charge in [-0.1, -0.05) is 11.6 Å². The number of hydrogen-bond donors (Lipinski definition) is 1. The minimum Gasteiger partial charge on any atom is -0.382 e. The normalized spacial score (nSPS) is 19.7. The van der Waals surface area contributed by atoms with Crippen LogP contribution in [0.15, 0.2) is 18.2 Å². The number of aliphatic hydroxyl groups is 1. The molecule has 1 heterocycles. The van der Waals surface area contributed by atoms with Gasteiger partial charge in [-0.2, -0.15) is 13.2 Å². The molecular weight excluding hydrogens is 341 g/mol. The Kier molecular flexibility index (Phi) is 4.81. The molecule has 1 amide bonds. The number of alkyl halides is 3. The predicted octanol–water partition coefficient (Wildman–Crippen LogP) is 2.78. The average molecular weight is 353 g/mol. The molecule has 0 spiro atoms. The van der Waals surface area contributed by atoms with Gasteiger partial charge in [0, 0.05) is 18.7 Å².